The van der Waals surface area contributed by atoms with Crippen LogP contribution in [0.15, 0.2) is 0 Å². The van der Waals surface area contributed by atoms with Crippen molar-refractivity contribution in [1.29, 1.82) is 0 Å². The number of carbonyl (C=O) groups excluding carboxylic acids is 4. The summed E-state index contributed by atoms with van der Waals surface area (Å²) in [5.74, 6) is -0.678. The fraction of sp³-hybridized carbons (Fsp3) is 0.939. The van der Waals surface area contributed by atoms with Gasteiger partial charge in [-0.2, -0.15) is 0 Å². The number of carbonyl (C=O) groups is 4. The van der Waals surface area contributed by atoms with Crippen LogP contribution in [0.1, 0.15) is 330 Å². The Labute approximate surface area is 517 Å². The van der Waals surface area contributed by atoms with Gasteiger partial charge in [0.25, 0.3) is 0 Å². The Balaban J connectivity index is 5.21. The van der Waals surface area contributed by atoms with Crippen molar-refractivity contribution in [2.75, 3.05) is 39.6 Å². The van der Waals surface area contributed by atoms with Crippen molar-refractivity contribution >= 4 is 39.5 Å². The molecule has 3 N–H and O–H groups in total. The molecule has 0 aromatic heterocycles. The fourth-order valence-corrected chi connectivity index (χ4v) is 11.5. The fourth-order valence-electron chi connectivity index (χ4n) is 9.88. The molecule has 2 unspecified atom stereocenters. The minimum atomic E-state index is -4.95. The van der Waals surface area contributed by atoms with Crippen molar-refractivity contribution in [1.82, 2.24) is 0 Å². The first-order valence-electron chi connectivity index (χ1n) is 34.5. The van der Waals surface area contributed by atoms with E-state index in [1.807, 2.05) is 0 Å². The van der Waals surface area contributed by atoms with E-state index in [4.69, 9.17) is 37.0 Å². The molecular formula is C66H128O17P2. The average Bonchev–Trinajstić information content (AvgIpc) is 3.49. The molecule has 0 heterocycles. The Morgan fingerprint density at radius 3 is 0.800 bits per heavy atom. The summed E-state index contributed by atoms with van der Waals surface area (Å²) in [4.78, 5) is 72.2. The van der Waals surface area contributed by atoms with Gasteiger partial charge in [-0.1, -0.05) is 279 Å². The van der Waals surface area contributed by atoms with E-state index in [1.165, 1.54) is 148 Å². The normalized spacial score (nSPS) is 14.2. The lowest BCUT2D eigenvalue weighted by Crippen LogP contribution is -2.30. The molecule has 0 aromatic carbocycles. The van der Waals surface area contributed by atoms with Crippen LogP contribution in [0.5, 0.6) is 0 Å². The molecule has 504 valence electrons. The van der Waals surface area contributed by atoms with Crippen molar-refractivity contribution in [2.24, 2.45) is 11.8 Å². The van der Waals surface area contributed by atoms with Gasteiger partial charge in [0.15, 0.2) is 12.2 Å². The summed E-state index contributed by atoms with van der Waals surface area (Å²) < 4.78 is 68.0. The number of unbranched alkanes of at least 4 members (excludes halogenated alkanes) is 35. The maximum atomic E-state index is 13.0. The SMILES string of the molecule is CCCCCCCCCCCCCC(=O)OC[C@H](COP(=O)(O)OC[C@@H](O)COP(=O)(O)OC[C@@H](COC(=O)CCCCCCCCCCC)OC(=O)CCCCCCCCC(C)C)OC(=O)CCCCCCCCCCCCCCCC(C)C. The van der Waals surface area contributed by atoms with Crippen LogP contribution in [-0.2, 0) is 65.4 Å². The van der Waals surface area contributed by atoms with Gasteiger partial charge in [-0.3, -0.25) is 37.3 Å². The number of hydrogen-bond donors (Lipinski definition) is 3. The van der Waals surface area contributed by atoms with Crippen LogP contribution >= 0.6 is 15.6 Å². The summed E-state index contributed by atoms with van der Waals surface area (Å²) in [6.07, 6.45) is 41.8. The molecule has 19 heteroatoms. The molecule has 0 saturated heterocycles. The van der Waals surface area contributed by atoms with Gasteiger partial charge in [0.05, 0.1) is 26.4 Å². The van der Waals surface area contributed by atoms with E-state index in [0.29, 0.717) is 31.6 Å². The molecule has 5 atom stereocenters. The number of rotatable bonds is 65. The highest BCUT2D eigenvalue weighted by molar-refractivity contribution is 7.47. The summed E-state index contributed by atoms with van der Waals surface area (Å²) in [5, 5.41) is 10.5. The summed E-state index contributed by atoms with van der Waals surface area (Å²) in [6.45, 7) is 9.42. The number of phosphoric ester groups is 2. The number of ether oxygens (including phenoxy) is 4. The van der Waals surface area contributed by atoms with Crippen molar-refractivity contribution in [3.05, 3.63) is 0 Å². The Hall–Kier alpha value is -1.94. The van der Waals surface area contributed by atoms with E-state index in [1.54, 1.807) is 0 Å². The molecule has 0 amide bonds. The van der Waals surface area contributed by atoms with Crippen LogP contribution in [0.3, 0.4) is 0 Å². The van der Waals surface area contributed by atoms with Gasteiger partial charge in [0.2, 0.25) is 0 Å². The summed E-state index contributed by atoms with van der Waals surface area (Å²) >= 11 is 0. The van der Waals surface area contributed by atoms with Gasteiger partial charge in [-0.05, 0) is 37.5 Å². The Bertz CT molecular complexity index is 1670. The van der Waals surface area contributed by atoms with Crippen LogP contribution in [0.4, 0.5) is 0 Å². The van der Waals surface area contributed by atoms with E-state index in [9.17, 15) is 43.2 Å². The number of phosphoric acid groups is 2. The summed E-state index contributed by atoms with van der Waals surface area (Å²) in [5.41, 5.74) is 0. The molecule has 0 aliphatic heterocycles. The molecular weight excluding hydrogens is 1130 g/mol. The van der Waals surface area contributed by atoms with E-state index in [-0.39, 0.29) is 25.7 Å². The molecule has 85 heavy (non-hydrogen) atoms. The maximum Gasteiger partial charge on any atom is 0.472 e. The maximum absolute atomic E-state index is 13.0. The first-order valence-corrected chi connectivity index (χ1v) is 37.5. The lowest BCUT2D eigenvalue weighted by molar-refractivity contribution is -0.161. The van der Waals surface area contributed by atoms with Crippen LogP contribution < -0.4 is 0 Å². The zero-order valence-corrected chi connectivity index (χ0v) is 56.7. The molecule has 0 spiro atoms. The standard InChI is InChI=1S/C66H128O17P2/c1-7-9-11-13-15-17-21-26-30-37-43-49-64(69)77-54-61(82-65(70)50-44-38-31-27-23-20-18-19-22-25-28-34-40-46-58(3)4)56-80-84(72,73)78-52-60(67)53-79-85(74,75)81-57-62(83-66(71)51-45-39-33-32-35-41-47-59(5)6)55-76-63(68)48-42-36-29-24-16-14-12-10-8-2/h58-62,67H,7-57H2,1-6H3,(H,72,73)(H,74,75)/t60-,61-,62-/m1/s1. The molecule has 0 rings (SSSR count). The van der Waals surface area contributed by atoms with Crippen molar-refractivity contribution in [3.8, 4) is 0 Å². The van der Waals surface area contributed by atoms with Gasteiger partial charge in [0.1, 0.15) is 19.3 Å². The molecule has 0 aromatic rings. The topological polar surface area (TPSA) is 237 Å². The van der Waals surface area contributed by atoms with Crippen LogP contribution in [0, 0.1) is 11.8 Å². The van der Waals surface area contributed by atoms with Gasteiger partial charge < -0.3 is 33.8 Å². The molecule has 0 aliphatic carbocycles. The van der Waals surface area contributed by atoms with Crippen molar-refractivity contribution in [2.45, 2.75) is 349 Å². The zero-order chi connectivity index (χ0) is 62.9. The quantitative estimate of drug-likeness (QED) is 0.0222. The number of aliphatic hydroxyl groups excluding tert-OH is 1. The smallest absolute Gasteiger partial charge is 0.462 e. The molecule has 0 bridgehead atoms. The first-order chi connectivity index (χ1) is 40.9. The number of aliphatic hydroxyl groups is 1. The van der Waals surface area contributed by atoms with E-state index in [0.717, 1.165) is 95.8 Å². The zero-order valence-electron chi connectivity index (χ0n) is 54.9. The number of hydrogen-bond acceptors (Lipinski definition) is 15. The predicted molar refractivity (Wildman–Crippen MR) is 340 cm³/mol. The Kier molecular flexibility index (Phi) is 57.1. The Morgan fingerprint density at radius 1 is 0.318 bits per heavy atom. The highest BCUT2D eigenvalue weighted by Crippen LogP contribution is 2.45. The lowest BCUT2D eigenvalue weighted by atomic mass is 10.0. The first kappa shape index (κ1) is 83.1. The molecule has 0 aliphatic rings. The van der Waals surface area contributed by atoms with Gasteiger partial charge in [-0.25, -0.2) is 9.13 Å². The summed E-state index contributed by atoms with van der Waals surface area (Å²) in [7, 11) is -9.89. The molecule has 0 saturated carbocycles. The van der Waals surface area contributed by atoms with Gasteiger partial charge in [-0.15, -0.1) is 0 Å². The highest BCUT2D eigenvalue weighted by atomic mass is 31.2. The van der Waals surface area contributed by atoms with Crippen molar-refractivity contribution in [3.63, 3.8) is 0 Å². The van der Waals surface area contributed by atoms with Gasteiger partial charge in [0, 0.05) is 25.7 Å². The van der Waals surface area contributed by atoms with Crippen molar-refractivity contribution < 1.29 is 80.2 Å². The van der Waals surface area contributed by atoms with E-state index >= 15 is 0 Å². The Morgan fingerprint density at radius 2 is 0.541 bits per heavy atom. The number of esters is 4. The minimum Gasteiger partial charge on any atom is -0.462 e. The van der Waals surface area contributed by atoms with Gasteiger partial charge >= 0.3 is 39.5 Å². The third-order valence-electron chi connectivity index (χ3n) is 15.2. The second kappa shape index (κ2) is 58.4. The van der Waals surface area contributed by atoms with Crippen LogP contribution in [-0.4, -0.2) is 96.7 Å². The lowest BCUT2D eigenvalue weighted by Gasteiger charge is -2.21. The average molecular weight is 1260 g/mol. The second-order valence-corrected chi connectivity index (χ2v) is 27.7. The predicted octanol–water partition coefficient (Wildman–Crippen LogP) is 18.4. The monoisotopic (exact) mass is 1250 g/mol. The summed E-state index contributed by atoms with van der Waals surface area (Å²) in [6, 6.07) is 0. The molecule has 0 fully saturated rings. The van der Waals surface area contributed by atoms with Crippen LogP contribution in [0.25, 0.3) is 0 Å². The van der Waals surface area contributed by atoms with E-state index in [2.05, 4.69) is 41.5 Å². The molecule has 17 nitrogen and oxygen atoms in total. The second-order valence-electron chi connectivity index (χ2n) is 24.8. The van der Waals surface area contributed by atoms with Crippen LogP contribution in [0.2, 0.25) is 0 Å². The highest BCUT2D eigenvalue weighted by Gasteiger charge is 2.30. The largest absolute Gasteiger partial charge is 0.472 e. The minimum absolute atomic E-state index is 0.102. The molecule has 0 radical (unpaired) electrons. The third-order valence-corrected chi connectivity index (χ3v) is 17.1. The third kappa shape index (κ3) is 60.7. The van der Waals surface area contributed by atoms with E-state index < -0.39 is 97.5 Å².